The van der Waals surface area contributed by atoms with Crippen molar-refractivity contribution in [2.45, 2.75) is 24.8 Å². The number of hydrogen-bond acceptors (Lipinski definition) is 5. The highest BCUT2D eigenvalue weighted by molar-refractivity contribution is 7.89. The lowest BCUT2D eigenvalue weighted by atomic mass is 10.1. The minimum Gasteiger partial charge on any atom is -0.497 e. The summed E-state index contributed by atoms with van der Waals surface area (Å²) in [5, 5.41) is 5.44. The molecule has 3 N–H and O–H groups in total. The summed E-state index contributed by atoms with van der Waals surface area (Å²) in [5.41, 5.74) is 0.934. The molecule has 9 heteroatoms. The normalized spacial score (nSPS) is 12.1. The number of ether oxygens (including phenoxy) is 2. The standard InChI is InChI=1S/C20H27N3O5S/c1-4-28-18-7-5-16(6-8-18)15(2)23-20(24)21-13-14-22-29(25,26)19-11-9-17(27-3)10-12-19/h5-12,15,22H,4,13-14H2,1-3H3,(H2,21,23,24)/t15-/m0/s1. The van der Waals surface area contributed by atoms with Crippen molar-refractivity contribution in [3.63, 3.8) is 0 Å². The smallest absolute Gasteiger partial charge is 0.315 e. The van der Waals surface area contributed by atoms with Gasteiger partial charge in [-0.3, -0.25) is 0 Å². The van der Waals surface area contributed by atoms with Crippen molar-refractivity contribution in [1.29, 1.82) is 0 Å². The van der Waals surface area contributed by atoms with Crippen molar-refractivity contribution in [2.75, 3.05) is 26.8 Å². The lowest BCUT2D eigenvalue weighted by Gasteiger charge is -2.16. The molecule has 2 amide bonds. The lowest BCUT2D eigenvalue weighted by molar-refractivity contribution is 0.238. The zero-order chi connectivity index (χ0) is 21.3. The molecule has 0 heterocycles. The fourth-order valence-electron chi connectivity index (χ4n) is 2.55. The molecule has 0 saturated carbocycles. The molecule has 0 saturated heterocycles. The van der Waals surface area contributed by atoms with Crippen molar-refractivity contribution in [1.82, 2.24) is 15.4 Å². The summed E-state index contributed by atoms with van der Waals surface area (Å²) in [5.74, 6) is 1.35. The Hall–Kier alpha value is -2.78. The number of sulfonamides is 1. The van der Waals surface area contributed by atoms with Gasteiger partial charge < -0.3 is 20.1 Å². The van der Waals surface area contributed by atoms with Crippen molar-refractivity contribution in [2.24, 2.45) is 0 Å². The van der Waals surface area contributed by atoms with Gasteiger partial charge >= 0.3 is 6.03 Å². The third-order valence-corrected chi connectivity index (χ3v) is 5.59. The number of methoxy groups -OCH3 is 1. The molecule has 0 bridgehead atoms. The quantitative estimate of drug-likeness (QED) is 0.511. The van der Waals surface area contributed by atoms with Crippen molar-refractivity contribution in [3.05, 3.63) is 54.1 Å². The van der Waals surface area contributed by atoms with Crippen LogP contribution in [0.4, 0.5) is 4.79 Å². The Morgan fingerprint density at radius 2 is 1.62 bits per heavy atom. The number of rotatable bonds is 10. The molecule has 0 aromatic heterocycles. The monoisotopic (exact) mass is 421 g/mol. The number of amides is 2. The van der Waals surface area contributed by atoms with Crippen molar-refractivity contribution >= 4 is 16.1 Å². The molecule has 1 atom stereocenters. The predicted octanol–water partition coefficient (Wildman–Crippen LogP) is 2.43. The molecule has 2 aromatic rings. The first-order chi connectivity index (χ1) is 13.9. The highest BCUT2D eigenvalue weighted by atomic mass is 32.2. The minimum atomic E-state index is -3.65. The van der Waals surface area contributed by atoms with Gasteiger partial charge in [-0.2, -0.15) is 0 Å². The summed E-state index contributed by atoms with van der Waals surface area (Å²) in [6.45, 7) is 4.59. The van der Waals surface area contributed by atoms with E-state index in [0.717, 1.165) is 11.3 Å². The fourth-order valence-corrected chi connectivity index (χ4v) is 3.58. The van der Waals surface area contributed by atoms with Gasteiger partial charge in [-0.15, -0.1) is 0 Å². The number of hydrogen-bond donors (Lipinski definition) is 3. The molecular formula is C20H27N3O5S. The molecule has 158 valence electrons. The van der Waals surface area contributed by atoms with Crippen molar-refractivity contribution in [3.8, 4) is 11.5 Å². The maximum absolute atomic E-state index is 12.2. The summed E-state index contributed by atoms with van der Waals surface area (Å²) in [6.07, 6.45) is 0. The Morgan fingerprint density at radius 3 is 2.21 bits per heavy atom. The van der Waals surface area contributed by atoms with Crippen LogP contribution in [0, 0.1) is 0 Å². The number of benzene rings is 2. The maximum atomic E-state index is 12.2. The summed E-state index contributed by atoms with van der Waals surface area (Å²) >= 11 is 0. The Balaban J connectivity index is 1.75. The van der Waals surface area contributed by atoms with E-state index in [4.69, 9.17) is 9.47 Å². The first-order valence-electron chi connectivity index (χ1n) is 9.26. The Morgan fingerprint density at radius 1 is 1.00 bits per heavy atom. The molecule has 8 nitrogen and oxygen atoms in total. The van der Waals surface area contributed by atoms with Crippen LogP contribution in [-0.2, 0) is 10.0 Å². The molecule has 0 aliphatic carbocycles. The highest BCUT2D eigenvalue weighted by Gasteiger charge is 2.14. The fraction of sp³-hybridized carbons (Fsp3) is 0.350. The molecule has 0 unspecified atom stereocenters. The Labute approximate surface area is 171 Å². The molecule has 0 fully saturated rings. The van der Waals surface area contributed by atoms with Gasteiger partial charge in [0.2, 0.25) is 10.0 Å². The number of carbonyl (C=O) groups is 1. The van der Waals surface area contributed by atoms with E-state index < -0.39 is 10.0 Å². The first kappa shape index (κ1) is 22.5. The number of carbonyl (C=O) groups excluding carboxylic acids is 1. The topological polar surface area (TPSA) is 106 Å². The van der Waals surface area contributed by atoms with E-state index in [0.29, 0.717) is 12.4 Å². The van der Waals surface area contributed by atoms with Crippen LogP contribution < -0.4 is 24.8 Å². The van der Waals surface area contributed by atoms with Gasteiger partial charge in [0.1, 0.15) is 11.5 Å². The molecule has 0 aliphatic rings. The molecule has 0 spiro atoms. The number of nitrogens with one attached hydrogen (secondary N) is 3. The van der Waals surface area contributed by atoms with Crippen LogP contribution in [0.3, 0.4) is 0 Å². The van der Waals surface area contributed by atoms with Gasteiger partial charge in [0.25, 0.3) is 0 Å². The lowest BCUT2D eigenvalue weighted by Crippen LogP contribution is -2.41. The summed E-state index contributed by atoms with van der Waals surface area (Å²) in [7, 11) is -2.14. The van der Waals surface area contributed by atoms with Crippen LogP contribution >= 0.6 is 0 Å². The van der Waals surface area contributed by atoms with Crippen LogP contribution in [0.5, 0.6) is 11.5 Å². The van der Waals surface area contributed by atoms with Gasteiger partial charge in [-0.1, -0.05) is 12.1 Å². The van der Waals surface area contributed by atoms with E-state index >= 15 is 0 Å². The second-order valence-corrected chi connectivity index (χ2v) is 7.96. The Kier molecular flexibility index (Phi) is 8.29. The maximum Gasteiger partial charge on any atom is 0.315 e. The van der Waals surface area contributed by atoms with Gasteiger partial charge in [0.15, 0.2) is 0 Å². The van der Waals surface area contributed by atoms with Crippen LogP contribution in [0.2, 0.25) is 0 Å². The predicted molar refractivity (Wildman–Crippen MR) is 111 cm³/mol. The molecule has 29 heavy (non-hydrogen) atoms. The van der Waals surface area contributed by atoms with Crippen molar-refractivity contribution < 1.29 is 22.7 Å². The van der Waals surface area contributed by atoms with Crippen LogP contribution in [0.25, 0.3) is 0 Å². The molecule has 2 aromatic carbocycles. The van der Waals surface area contributed by atoms with Crippen LogP contribution in [0.1, 0.15) is 25.5 Å². The zero-order valence-corrected chi connectivity index (χ0v) is 17.6. The molecular weight excluding hydrogens is 394 g/mol. The van der Waals surface area contributed by atoms with E-state index in [1.807, 2.05) is 38.1 Å². The molecule has 0 aliphatic heterocycles. The highest BCUT2D eigenvalue weighted by Crippen LogP contribution is 2.17. The van der Waals surface area contributed by atoms with Gasteiger partial charge in [0.05, 0.1) is 24.7 Å². The SMILES string of the molecule is CCOc1ccc([C@H](C)NC(=O)NCCNS(=O)(=O)c2ccc(OC)cc2)cc1. The van der Waals surface area contributed by atoms with Gasteiger partial charge in [-0.25, -0.2) is 17.9 Å². The Bertz CT molecular complexity index is 883. The van der Waals surface area contributed by atoms with E-state index in [-0.39, 0.29) is 30.1 Å². The summed E-state index contributed by atoms with van der Waals surface area (Å²) in [4.78, 5) is 12.2. The molecule has 2 rings (SSSR count). The minimum absolute atomic E-state index is 0.0687. The van der Waals surface area contributed by atoms with Gasteiger partial charge in [-0.05, 0) is 55.8 Å². The summed E-state index contributed by atoms with van der Waals surface area (Å²) < 4.78 is 37.3. The average molecular weight is 422 g/mol. The first-order valence-corrected chi connectivity index (χ1v) is 10.7. The average Bonchev–Trinajstić information content (AvgIpc) is 2.72. The molecule has 0 radical (unpaired) electrons. The van der Waals surface area contributed by atoms with E-state index in [1.165, 1.54) is 19.2 Å². The third-order valence-electron chi connectivity index (χ3n) is 4.11. The van der Waals surface area contributed by atoms with E-state index in [1.54, 1.807) is 12.1 Å². The van der Waals surface area contributed by atoms with Crippen LogP contribution in [0.15, 0.2) is 53.4 Å². The largest absolute Gasteiger partial charge is 0.497 e. The second kappa shape index (κ2) is 10.7. The third kappa shape index (κ3) is 6.95. The van der Waals surface area contributed by atoms with E-state index in [2.05, 4.69) is 15.4 Å². The zero-order valence-electron chi connectivity index (χ0n) is 16.8. The number of urea groups is 1. The second-order valence-electron chi connectivity index (χ2n) is 6.20. The summed E-state index contributed by atoms with van der Waals surface area (Å²) in [6, 6.07) is 12.9. The van der Waals surface area contributed by atoms with E-state index in [9.17, 15) is 13.2 Å². The van der Waals surface area contributed by atoms with Gasteiger partial charge in [0, 0.05) is 13.1 Å². The van der Waals surface area contributed by atoms with Crippen LogP contribution in [-0.4, -0.2) is 41.3 Å².